The van der Waals surface area contributed by atoms with Crippen LogP contribution < -0.4 is 5.32 Å². The van der Waals surface area contributed by atoms with Crippen LogP contribution in [0.5, 0.6) is 0 Å². The van der Waals surface area contributed by atoms with E-state index >= 15 is 0 Å². The molecule has 0 aliphatic carbocycles. The molecule has 0 saturated carbocycles. The van der Waals surface area contributed by atoms with Crippen molar-refractivity contribution in [1.29, 1.82) is 0 Å². The number of aromatic carboxylic acids is 1. The van der Waals surface area contributed by atoms with Gasteiger partial charge in [0.1, 0.15) is 11.6 Å². The number of carbonyl (C=O) groups excluding carboxylic acids is 1. The summed E-state index contributed by atoms with van der Waals surface area (Å²) in [6, 6.07) is 6.91. The first-order valence-corrected chi connectivity index (χ1v) is 6.75. The molecule has 0 heterocycles. The molecular weight excluding hydrogens is 395 g/mol. The van der Waals surface area contributed by atoms with E-state index in [2.05, 4.69) is 5.32 Å². The fraction of sp³-hybridized carbons (Fsp3) is 0. The highest BCUT2D eigenvalue weighted by Gasteiger charge is 2.14. The minimum atomic E-state index is -1.39. The SMILES string of the molecule is O=C(O)c1ccc(NC(=O)c2ccc(F)cc2I)cc1F. The lowest BCUT2D eigenvalue weighted by molar-refractivity contribution is 0.0692. The van der Waals surface area contributed by atoms with Crippen molar-refractivity contribution >= 4 is 40.2 Å². The minimum Gasteiger partial charge on any atom is -0.478 e. The van der Waals surface area contributed by atoms with Gasteiger partial charge in [0.15, 0.2) is 0 Å². The molecule has 2 aromatic carbocycles. The summed E-state index contributed by atoms with van der Waals surface area (Å²) in [5.74, 6) is -3.35. The molecule has 0 atom stereocenters. The average Bonchev–Trinajstić information content (AvgIpc) is 2.37. The summed E-state index contributed by atoms with van der Waals surface area (Å²) in [6.07, 6.45) is 0. The maximum Gasteiger partial charge on any atom is 0.338 e. The number of rotatable bonds is 3. The number of carboxylic acids is 1. The van der Waals surface area contributed by atoms with Gasteiger partial charge in [0.25, 0.3) is 5.91 Å². The van der Waals surface area contributed by atoms with E-state index in [9.17, 15) is 18.4 Å². The Kier molecular flexibility index (Phi) is 4.51. The van der Waals surface area contributed by atoms with Crippen LogP contribution in [-0.2, 0) is 0 Å². The van der Waals surface area contributed by atoms with Gasteiger partial charge >= 0.3 is 5.97 Å². The van der Waals surface area contributed by atoms with Gasteiger partial charge in [-0.1, -0.05) is 0 Å². The Bertz CT molecular complexity index is 734. The van der Waals surface area contributed by atoms with Crippen molar-refractivity contribution in [2.24, 2.45) is 0 Å². The monoisotopic (exact) mass is 403 g/mol. The Balaban J connectivity index is 2.23. The fourth-order valence-electron chi connectivity index (χ4n) is 1.64. The van der Waals surface area contributed by atoms with Gasteiger partial charge in [0, 0.05) is 9.26 Å². The molecule has 1 amide bonds. The van der Waals surface area contributed by atoms with Crippen LogP contribution in [0.25, 0.3) is 0 Å². The summed E-state index contributed by atoms with van der Waals surface area (Å²) in [6.45, 7) is 0. The van der Waals surface area contributed by atoms with E-state index in [0.717, 1.165) is 18.2 Å². The summed E-state index contributed by atoms with van der Waals surface area (Å²) in [7, 11) is 0. The fourth-order valence-corrected chi connectivity index (χ4v) is 2.36. The minimum absolute atomic E-state index is 0.114. The molecule has 21 heavy (non-hydrogen) atoms. The van der Waals surface area contributed by atoms with Crippen molar-refractivity contribution in [2.75, 3.05) is 5.32 Å². The molecule has 7 heteroatoms. The standard InChI is InChI=1S/C14H8F2INO3/c15-7-1-3-10(12(17)5-7)13(19)18-8-2-4-9(14(20)21)11(16)6-8/h1-6H,(H,18,19)(H,20,21). The lowest BCUT2D eigenvalue weighted by atomic mass is 10.1. The molecule has 0 radical (unpaired) electrons. The molecule has 4 nitrogen and oxygen atoms in total. The number of benzene rings is 2. The van der Waals surface area contributed by atoms with E-state index in [0.29, 0.717) is 3.57 Å². The van der Waals surface area contributed by atoms with Gasteiger partial charge in [-0.3, -0.25) is 4.79 Å². The van der Waals surface area contributed by atoms with Gasteiger partial charge in [0.2, 0.25) is 0 Å². The van der Waals surface area contributed by atoms with Crippen molar-refractivity contribution in [2.45, 2.75) is 0 Å². The average molecular weight is 403 g/mol. The molecule has 2 rings (SSSR count). The zero-order valence-corrected chi connectivity index (χ0v) is 12.5. The summed E-state index contributed by atoms with van der Waals surface area (Å²) in [4.78, 5) is 22.7. The molecule has 0 bridgehead atoms. The van der Waals surface area contributed by atoms with Crippen LogP contribution >= 0.6 is 22.6 Å². The Labute approximate surface area is 131 Å². The molecule has 0 saturated heterocycles. The maximum absolute atomic E-state index is 13.5. The zero-order chi connectivity index (χ0) is 15.6. The molecule has 108 valence electrons. The van der Waals surface area contributed by atoms with Gasteiger partial charge in [0.05, 0.1) is 11.1 Å². The Morgan fingerprint density at radius 3 is 2.29 bits per heavy atom. The molecule has 0 spiro atoms. The van der Waals surface area contributed by atoms with Gasteiger partial charge in [-0.05, 0) is 59.0 Å². The number of hydrogen-bond acceptors (Lipinski definition) is 2. The predicted octanol–water partition coefficient (Wildman–Crippen LogP) is 3.52. The number of anilines is 1. The van der Waals surface area contributed by atoms with Crippen molar-refractivity contribution < 1.29 is 23.5 Å². The van der Waals surface area contributed by atoms with E-state index in [1.165, 1.54) is 18.2 Å². The van der Waals surface area contributed by atoms with E-state index in [-0.39, 0.29) is 11.3 Å². The lowest BCUT2D eigenvalue weighted by Crippen LogP contribution is -2.14. The van der Waals surface area contributed by atoms with Crippen LogP contribution in [0.4, 0.5) is 14.5 Å². The number of amides is 1. The molecule has 0 fully saturated rings. The maximum atomic E-state index is 13.5. The Morgan fingerprint density at radius 2 is 1.71 bits per heavy atom. The molecule has 0 unspecified atom stereocenters. The van der Waals surface area contributed by atoms with E-state index in [1.54, 1.807) is 0 Å². The number of halogens is 3. The Morgan fingerprint density at radius 1 is 1.05 bits per heavy atom. The quantitative estimate of drug-likeness (QED) is 0.771. The summed E-state index contributed by atoms with van der Waals surface area (Å²) < 4.78 is 26.9. The zero-order valence-electron chi connectivity index (χ0n) is 10.4. The number of carbonyl (C=O) groups is 2. The third kappa shape index (κ3) is 3.54. The third-order valence-electron chi connectivity index (χ3n) is 2.63. The van der Waals surface area contributed by atoms with Crippen molar-refractivity contribution in [3.8, 4) is 0 Å². The second-order valence-corrected chi connectivity index (χ2v) is 5.24. The molecule has 2 N–H and O–H groups in total. The lowest BCUT2D eigenvalue weighted by Gasteiger charge is -2.08. The number of nitrogens with one attached hydrogen (secondary N) is 1. The van der Waals surface area contributed by atoms with Crippen LogP contribution in [0.1, 0.15) is 20.7 Å². The van der Waals surface area contributed by atoms with Gasteiger partial charge in [-0.2, -0.15) is 0 Å². The number of hydrogen-bond donors (Lipinski definition) is 2. The topological polar surface area (TPSA) is 66.4 Å². The smallest absolute Gasteiger partial charge is 0.338 e. The van der Waals surface area contributed by atoms with Crippen molar-refractivity contribution in [1.82, 2.24) is 0 Å². The van der Waals surface area contributed by atoms with E-state index in [1.807, 2.05) is 22.6 Å². The summed E-state index contributed by atoms with van der Waals surface area (Å²) in [5.41, 5.74) is -0.133. The Hall–Kier alpha value is -2.03. The van der Waals surface area contributed by atoms with Crippen molar-refractivity contribution in [3.63, 3.8) is 0 Å². The largest absolute Gasteiger partial charge is 0.478 e. The van der Waals surface area contributed by atoms with Crippen LogP contribution in [-0.4, -0.2) is 17.0 Å². The van der Waals surface area contributed by atoms with Gasteiger partial charge < -0.3 is 10.4 Å². The molecule has 0 aromatic heterocycles. The van der Waals surface area contributed by atoms with Crippen LogP contribution in [0.2, 0.25) is 0 Å². The van der Waals surface area contributed by atoms with Gasteiger partial charge in [-0.15, -0.1) is 0 Å². The molecule has 2 aromatic rings. The summed E-state index contributed by atoms with van der Waals surface area (Å²) >= 11 is 1.81. The van der Waals surface area contributed by atoms with Crippen LogP contribution in [0.3, 0.4) is 0 Å². The third-order valence-corrected chi connectivity index (χ3v) is 3.53. The van der Waals surface area contributed by atoms with Crippen LogP contribution in [0, 0.1) is 15.2 Å². The van der Waals surface area contributed by atoms with Crippen molar-refractivity contribution in [3.05, 3.63) is 62.7 Å². The second kappa shape index (κ2) is 6.17. The first kappa shape index (κ1) is 15.4. The normalized spacial score (nSPS) is 10.2. The highest BCUT2D eigenvalue weighted by molar-refractivity contribution is 14.1. The summed E-state index contributed by atoms with van der Waals surface area (Å²) in [5, 5.41) is 11.1. The first-order chi connectivity index (χ1) is 9.88. The molecular formula is C14H8F2INO3. The second-order valence-electron chi connectivity index (χ2n) is 4.08. The molecule has 0 aliphatic rings. The molecule has 0 aliphatic heterocycles. The van der Waals surface area contributed by atoms with Gasteiger partial charge in [-0.25, -0.2) is 13.6 Å². The number of carboxylic acid groups (broad SMARTS) is 1. The highest BCUT2D eigenvalue weighted by atomic mass is 127. The highest BCUT2D eigenvalue weighted by Crippen LogP contribution is 2.18. The van der Waals surface area contributed by atoms with Crippen LogP contribution in [0.15, 0.2) is 36.4 Å². The first-order valence-electron chi connectivity index (χ1n) is 5.67. The predicted molar refractivity (Wildman–Crippen MR) is 80.4 cm³/mol. The van der Waals surface area contributed by atoms with E-state index in [4.69, 9.17) is 5.11 Å². The van der Waals surface area contributed by atoms with E-state index < -0.39 is 29.1 Å².